The summed E-state index contributed by atoms with van der Waals surface area (Å²) in [6.07, 6.45) is 2.99. The Hall–Kier alpha value is -0.800. The molecule has 1 unspecified atom stereocenters. The number of nitrogens with zero attached hydrogens (tertiary/aromatic N) is 2. The van der Waals surface area contributed by atoms with Crippen LogP contribution in [-0.2, 0) is 6.54 Å². The molecule has 1 heterocycles. The van der Waals surface area contributed by atoms with Crippen LogP contribution in [0.5, 0.6) is 0 Å². The minimum Gasteiger partial charge on any atom is -0.356 e. The molecule has 0 aliphatic rings. The van der Waals surface area contributed by atoms with Crippen molar-refractivity contribution in [1.82, 2.24) is 10.3 Å². The summed E-state index contributed by atoms with van der Waals surface area (Å²) >= 11 is 6.33. The van der Waals surface area contributed by atoms with Gasteiger partial charge >= 0.3 is 0 Å². The third kappa shape index (κ3) is 5.00. The topological polar surface area (TPSA) is 28.2 Å². The Morgan fingerprint density at radius 1 is 1.37 bits per heavy atom. The molecule has 4 heteroatoms. The van der Waals surface area contributed by atoms with Crippen molar-refractivity contribution in [2.75, 3.05) is 18.5 Å². The van der Waals surface area contributed by atoms with Crippen molar-refractivity contribution in [2.45, 2.75) is 46.7 Å². The molecule has 0 amide bonds. The van der Waals surface area contributed by atoms with Crippen LogP contribution in [0.15, 0.2) is 12.3 Å². The summed E-state index contributed by atoms with van der Waals surface area (Å²) in [6, 6.07) is 2.45. The van der Waals surface area contributed by atoms with Gasteiger partial charge in [-0.3, -0.25) is 0 Å². The van der Waals surface area contributed by atoms with Crippen LogP contribution in [0.3, 0.4) is 0 Å². The molecule has 0 saturated heterocycles. The molecule has 0 fully saturated rings. The van der Waals surface area contributed by atoms with E-state index in [0.717, 1.165) is 35.9 Å². The normalized spacial score (nSPS) is 12.8. The average Bonchev–Trinajstić information content (AvgIpc) is 2.36. The number of aromatic nitrogens is 1. The summed E-state index contributed by atoms with van der Waals surface area (Å²) in [5.74, 6) is 1.52. The summed E-state index contributed by atoms with van der Waals surface area (Å²) in [7, 11) is 2.04. The largest absolute Gasteiger partial charge is 0.356 e. The fourth-order valence-corrected chi connectivity index (χ4v) is 2.14. The molecule has 108 valence electrons. The molecular formula is C15H26ClN3. The van der Waals surface area contributed by atoms with Gasteiger partial charge in [-0.1, -0.05) is 32.4 Å². The molecule has 0 spiro atoms. The molecule has 0 saturated carbocycles. The maximum atomic E-state index is 6.33. The molecule has 1 atom stereocenters. The molecule has 1 aromatic heterocycles. The van der Waals surface area contributed by atoms with E-state index in [2.05, 4.69) is 42.9 Å². The Morgan fingerprint density at radius 3 is 2.58 bits per heavy atom. The lowest BCUT2D eigenvalue weighted by Gasteiger charge is -2.25. The molecular weight excluding hydrogens is 258 g/mol. The summed E-state index contributed by atoms with van der Waals surface area (Å²) in [6.45, 7) is 10.6. The molecule has 0 aliphatic carbocycles. The van der Waals surface area contributed by atoms with E-state index in [1.54, 1.807) is 0 Å². The zero-order valence-corrected chi connectivity index (χ0v) is 13.5. The smallest absolute Gasteiger partial charge is 0.147 e. The van der Waals surface area contributed by atoms with Crippen molar-refractivity contribution in [1.29, 1.82) is 0 Å². The van der Waals surface area contributed by atoms with Crippen LogP contribution < -0.4 is 10.2 Å². The number of hydrogen-bond acceptors (Lipinski definition) is 3. The Morgan fingerprint density at radius 2 is 2.05 bits per heavy atom. The minimum atomic E-state index is 0.440. The Bertz CT molecular complexity index is 393. The molecule has 1 rings (SSSR count). The van der Waals surface area contributed by atoms with Crippen molar-refractivity contribution >= 4 is 17.4 Å². The molecule has 0 bridgehead atoms. The highest BCUT2D eigenvalue weighted by molar-refractivity contribution is 6.33. The monoisotopic (exact) mass is 283 g/mol. The average molecular weight is 284 g/mol. The van der Waals surface area contributed by atoms with Crippen LogP contribution in [0, 0.1) is 5.92 Å². The number of rotatable bonds is 7. The van der Waals surface area contributed by atoms with Crippen LogP contribution >= 0.6 is 11.6 Å². The Kier molecular flexibility index (Phi) is 6.59. The van der Waals surface area contributed by atoms with Crippen molar-refractivity contribution in [2.24, 2.45) is 5.92 Å². The SMILES string of the molecule is CCC(C)N(C)c1ncc(CNCC(C)C)cc1Cl. The standard InChI is InChI=1S/C15H26ClN3/c1-6-12(4)19(5)15-14(16)7-13(10-18-15)9-17-8-11(2)3/h7,10-12,17H,6,8-9H2,1-5H3. The van der Waals surface area contributed by atoms with Gasteiger partial charge in [0.25, 0.3) is 0 Å². The first-order valence-electron chi connectivity index (χ1n) is 7.03. The number of halogens is 1. The van der Waals surface area contributed by atoms with Gasteiger partial charge in [0, 0.05) is 25.8 Å². The van der Waals surface area contributed by atoms with Gasteiger partial charge < -0.3 is 10.2 Å². The van der Waals surface area contributed by atoms with E-state index in [1.807, 2.05) is 19.3 Å². The predicted molar refractivity (Wildman–Crippen MR) is 83.9 cm³/mol. The van der Waals surface area contributed by atoms with Gasteiger partial charge in [-0.25, -0.2) is 4.98 Å². The van der Waals surface area contributed by atoms with Gasteiger partial charge in [0.15, 0.2) is 0 Å². The first kappa shape index (κ1) is 16.3. The predicted octanol–water partition coefficient (Wildman–Crippen LogP) is 3.72. The second kappa shape index (κ2) is 7.71. The highest BCUT2D eigenvalue weighted by Crippen LogP contribution is 2.25. The van der Waals surface area contributed by atoms with Crippen LogP contribution in [0.4, 0.5) is 5.82 Å². The van der Waals surface area contributed by atoms with Gasteiger partial charge in [-0.15, -0.1) is 0 Å². The molecule has 1 N–H and O–H groups in total. The maximum Gasteiger partial charge on any atom is 0.147 e. The molecule has 3 nitrogen and oxygen atoms in total. The maximum absolute atomic E-state index is 6.33. The summed E-state index contributed by atoms with van der Waals surface area (Å²) in [4.78, 5) is 6.63. The Balaban J connectivity index is 2.69. The molecule has 0 aromatic carbocycles. The van der Waals surface area contributed by atoms with E-state index < -0.39 is 0 Å². The summed E-state index contributed by atoms with van der Waals surface area (Å²) in [5, 5.41) is 4.13. The van der Waals surface area contributed by atoms with E-state index in [0.29, 0.717) is 12.0 Å². The number of pyridine rings is 1. The zero-order valence-electron chi connectivity index (χ0n) is 12.7. The van der Waals surface area contributed by atoms with Gasteiger partial charge in [0.05, 0.1) is 5.02 Å². The van der Waals surface area contributed by atoms with Crippen LogP contribution in [0.2, 0.25) is 5.02 Å². The summed E-state index contributed by atoms with van der Waals surface area (Å²) < 4.78 is 0. The fourth-order valence-electron chi connectivity index (χ4n) is 1.81. The first-order valence-corrected chi connectivity index (χ1v) is 7.41. The third-order valence-electron chi connectivity index (χ3n) is 3.35. The zero-order chi connectivity index (χ0) is 14.4. The van der Waals surface area contributed by atoms with E-state index in [1.165, 1.54) is 0 Å². The van der Waals surface area contributed by atoms with E-state index in [-0.39, 0.29) is 0 Å². The van der Waals surface area contributed by atoms with E-state index in [4.69, 9.17) is 11.6 Å². The second-order valence-electron chi connectivity index (χ2n) is 5.54. The lowest BCUT2D eigenvalue weighted by Crippen LogP contribution is -2.29. The van der Waals surface area contributed by atoms with Crippen molar-refractivity contribution in [3.63, 3.8) is 0 Å². The van der Waals surface area contributed by atoms with E-state index >= 15 is 0 Å². The lowest BCUT2D eigenvalue weighted by molar-refractivity contribution is 0.552. The highest BCUT2D eigenvalue weighted by atomic mass is 35.5. The quantitative estimate of drug-likeness (QED) is 0.827. The molecule has 1 aromatic rings. The highest BCUT2D eigenvalue weighted by Gasteiger charge is 2.13. The lowest BCUT2D eigenvalue weighted by atomic mass is 10.2. The summed E-state index contributed by atoms with van der Waals surface area (Å²) in [5.41, 5.74) is 1.13. The number of nitrogens with one attached hydrogen (secondary N) is 1. The molecule has 19 heavy (non-hydrogen) atoms. The van der Waals surface area contributed by atoms with Crippen LogP contribution in [0.25, 0.3) is 0 Å². The van der Waals surface area contributed by atoms with Gasteiger partial charge in [0.1, 0.15) is 5.82 Å². The Labute approximate surface area is 122 Å². The van der Waals surface area contributed by atoms with Crippen LogP contribution in [-0.4, -0.2) is 24.6 Å². The van der Waals surface area contributed by atoms with Crippen molar-refractivity contribution in [3.05, 3.63) is 22.8 Å². The van der Waals surface area contributed by atoms with Crippen molar-refractivity contribution < 1.29 is 0 Å². The minimum absolute atomic E-state index is 0.440. The molecule has 0 radical (unpaired) electrons. The third-order valence-corrected chi connectivity index (χ3v) is 3.62. The fraction of sp³-hybridized carbons (Fsp3) is 0.667. The first-order chi connectivity index (χ1) is 8.95. The second-order valence-corrected chi connectivity index (χ2v) is 5.95. The van der Waals surface area contributed by atoms with Gasteiger partial charge in [0.2, 0.25) is 0 Å². The number of hydrogen-bond donors (Lipinski definition) is 1. The van der Waals surface area contributed by atoms with Crippen molar-refractivity contribution in [3.8, 4) is 0 Å². The van der Waals surface area contributed by atoms with Gasteiger partial charge in [-0.2, -0.15) is 0 Å². The molecule has 0 aliphatic heterocycles. The van der Waals surface area contributed by atoms with Crippen LogP contribution in [0.1, 0.15) is 39.7 Å². The van der Waals surface area contributed by atoms with Gasteiger partial charge in [-0.05, 0) is 37.4 Å². The number of anilines is 1. The van der Waals surface area contributed by atoms with E-state index in [9.17, 15) is 0 Å².